The van der Waals surface area contributed by atoms with Crippen LogP contribution in [0.1, 0.15) is 16.7 Å². The van der Waals surface area contributed by atoms with Crippen molar-refractivity contribution in [2.75, 3.05) is 4.90 Å². The van der Waals surface area contributed by atoms with Gasteiger partial charge in [0.1, 0.15) is 18.0 Å². The number of nitrogens with one attached hydrogen (secondary N) is 1. The summed E-state index contributed by atoms with van der Waals surface area (Å²) >= 11 is 18.7. The van der Waals surface area contributed by atoms with Gasteiger partial charge in [0.15, 0.2) is 5.75 Å². The first kappa shape index (κ1) is 24.7. The van der Waals surface area contributed by atoms with Gasteiger partial charge in [-0.25, -0.2) is 14.1 Å². The average Bonchev–Trinajstić information content (AvgIpc) is 2.79. The Balaban J connectivity index is 1.64. The standard InChI is InChI=1S/C25H16Cl3FN2O4/c1-13-6-7-16(26)11-21(13)31-24(33)17(23(32)30-25(31)34)8-14-9-18(27)22(19(28)10-14)35-12-15-4-2-3-5-20(15)29/h2-11H,12H2,1H3,(H,30,32,34)/b17-8+. The lowest BCUT2D eigenvalue weighted by Gasteiger charge is -2.27. The second kappa shape index (κ2) is 10.1. The first-order chi connectivity index (χ1) is 16.7. The lowest BCUT2D eigenvalue weighted by molar-refractivity contribution is -0.122. The quantitative estimate of drug-likeness (QED) is 0.307. The summed E-state index contributed by atoms with van der Waals surface area (Å²) in [5.41, 5.74) is 1.17. The van der Waals surface area contributed by atoms with Crippen LogP contribution in [-0.4, -0.2) is 17.8 Å². The van der Waals surface area contributed by atoms with Crippen molar-refractivity contribution in [1.82, 2.24) is 5.32 Å². The number of barbiturate groups is 1. The van der Waals surface area contributed by atoms with Gasteiger partial charge in [0.25, 0.3) is 11.8 Å². The van der Waals surface area contributed by atoms with E-state index >= 15 is 0 Å². The normalized spacial score (nSPS) is 14.9. The zero-order valence-corrected chi connectivity index (χ0v) is 20.3. The molecular weight excluding hydrogens is 518 g/mol. The minimum Gasteiger partial charge on any atom is -0.486 e. The fourth-order valence-corrected chi connectivity index (χ4v) is 4.21. The van der Waals surface area contributed by atoms with Gasteiger partial charge in [-0.2, -0.15) is 0 Å². The van der Waals surface area contributed by atoms with Crippen LogP contribution in [0.5, 0.6) is 5.75 Å². The molecule has 0 spiro atoms. The Morgan fingerprint density at radius 3 is 2.37 bits per heavy atom. The summed E-state index contributed by atoms with van der Waals surface area (Å²) in [5.74, 6) is -2.03. The largest absolute Gasteiger partial charge is 0.486 e. The van der Waals surface area contributed by atoms with Crippen LogP contribution in [0.3, 0.4) is 0 Å². The van der Waals surface area contributed by atoms with Crippen molar-refractivity contribution in [3.05, 3.63) is 97.7 Å². The zero-order chi connectivity index (χ0) is 25.3. The first-order valence-electron chi connectivity index (χ1n) is 10.2. The number of carbonyl (C=O) groups is 3. The lowest BCUT2D eigenvalue weighted by Crippen LogP contribution is -2.54. The summed E-state index contributed by atoms with van der Waals surface area (Å²) in [5, 5.41) is 2.64. The van der Waals surface area contributed by atoms with Gasteiger partial charge < -0.3 is 4.74 Å². The fraction of sp³-hybridized carbons (Fsp3) is 0.0800. The second-order valence-electron chi connectivity index (χ2n) is 7.58. The van der Waals surface area contributed by atoms with Gasteiger partial charge in [-0.1, -0.05) is 59.1 Å². The zero-order valence-electron chi connectivity index (χ0n) is 18.1. The van der Waals surface area contributed by atoms with Crippen molar-refractivity contribution in [2.45, 2.75) is 13.5 Å². The molecule has 1 aliphatic rings. The predicted molar refractivity (Wildman–Crippen MR) is 132 cm³/mol. The molecule has 0 aliphatic carbocycles. The van der Waals surface area contributed by atoms with E-state index in [0.29, 0.717) is 21.7 Å². The molecule has 1 aliphatic heterocycles. The molecule has 1 fully saturated rings. The molecule has 1 N–H and O–H groups in total. The minimum absolute atomic E-state index is 0.0861. The van der Waals surface area contributed by atoms with E-state index in [-0.39, 0.29) is 33.7 Å². The molecule has 4 amide bonds. The number of carbonyl (C=O) groups excluding carboxylic acids is 3. The van der Waals surface area contributed by atoms with Gasteiger partial charge in [0, 0.05) is 10.6 Å². The third-order valence-corrected chi connectivity index (χ3v) is 5.97. The number of ether oxygens (including phenoxy) is 1. The molecule has 0 atom stereocenters. The highest BCUT2D eigenvalue weighted by Crippen LogP contribution is 2.36. The summed E-state index contributed by atoms with van der Waals surface area (Å²) in [6.07, 6.45) is 1.26. The van der Waals surface area contributed by atoms with Gasteiger partial charge in [0.05, 0.1) is 15.7 Å². The van der Waals surface area contributed by atoms with E-state index in [0.717, 1.165) is 4.90 Å². The summed E-state index contributed by atoms with van der Waals surface area (Å²) in [6.45, 7) is 1.59. The van der Waals surface area contributed by atoms with E-state index in [1.807, 2.05) is 0 Å². The molecule has 0 saturated carbocycles. The van der Waals surface area contributed by atoms with Gasteiger partial charge in [-0.3, -0.25) is 14.9 Å². The Morgan fingerprint density at radius 2 is 1.69 bits per heavy atom. The number of anilines is 1. The van der Waals surface area contributed by atoms with Crippen LogP contribution in [0.15, 0.2) is 60.2 Å². The second-order valence-corrected chi connectivity index (χ2v) is 8.83. The number of benzene rings is 3. The maximum Gasteiger partial charge on any atom is 0.335 e. The van der Waals surface area contributed by atoms with E-state index < -0.39 is 23.7 Å². The highest BCUT2D eigenvalue weighted by Gasteiger charge is 2.37. The van der Waals surface area contributed by atoms with Crippen LogP contribution < -0.4 is 15.0 Å². The van der Waals surface area contributed by atoms with Crippen molar-refractivity contribution < 1.29 is 23.5 Å². The van der Waals surface area contributed by atoms with Crippen molar-refractivity contribution in [3.63, 3.8) is 0 Å². The van der Waals surface area contributed by atoms with Crippen LogP contribution in [0, 0.1) is 12.7 Å². The molecule has 1 saturated heterocycles. The van der Waals surface area contributed by atoms with E-state index in [4.69, 9.17) is 39.5 Å². The maximum atomic E-state index is 13.9. The Kier molecular flexibility index (Phi) is 7.12. The molecule has 1 heterocycles. The molecule has 0 radical (unpaired) electrons. The molecule has 35 heavy (non-hydrogen) atoms. The van der Waals surface area contributed by atoms with E-state index in [9.17, 15) is 18.8 Å². The summed E-state index contributed by atoms with van der Waals surface area (Å²) in [6, 6.07) is 12.8. The highest BCUT2D eigenvalue weighted by molar-refractivity contribution is 6.40. The smallest absolute Gasteiger partial charge is 0.335 e. The first-order valence-corrected chi connectivity index (χ1v) is 11.3. The van der Waals surface area contributed by atoms with Crippen LogP contribution in [0.2, 0.25) is 15.1 Å². The van der Waals surface area contributed by atoms with Crippen molar-refractivity contribution in [2.24, 2.45) is 0 Å². The van der Waals surface area contributed by atoms with Crippen molar-refractivity contribution in [3.8, 4) is 5.75 Å². The number of amides is 4. The number of urea groups is 1. The molecule has 6 nitrogen and oxygen atoms in total. The Morgan fingerprint density at radius 1 is 1.00 bits per heavy atom. The monoisotopic (exact) mass is 532 g/mol. The Labute approximate surface area is 214 Å². The Bertz CT molecular complexity index is 1380. The number of hydrogen-bond donors (Lipinski definition) is 1. The fourth-order valence-electron chi connectivity index (χ4n) is 3.43. The SMILES string of the molecule is Cc1ccc(Cl)cc1N1C(=O)NC(=O)/C(=C\c2cc(Cl)c(OCc3ccccc3F)c(Cl)c2)C1=O. The van der Waals surface area contributed by atoms with Gasteiger partial charge >= 0.3 is 6.03 Å². The number of imide groups is 2. The highest BCUT2D eigenvalue weighted by atomic mass is 35.5. The van der Waals surface area contributed by atoms with E-state index in [2.05, 4.69) is 5.32 Å². The predicted octanol–water partition coefficient (Wildman–Crippen LogP) is 6.34. The van der Waals surface area contributed by atoms with Crippen molar-refractivity contribution in [1.29, 1.82) is 0 Å². The summed E-state index contributed by atoms with van der Waals surface area (Å²) in [4.78, 5) is 38.9. The third kappa shape index (κ3) is 5.17. The molecule has 178 valence electrons. The number of halogens is 4. The van der Waals surface area contributed by atoms with Gasteiger partial charge in [-0.15, -0.1) is 0 Å². The molecule has 0 aromatic heterocycles. The molecule has 10 heteroatoms. The third-order valence-electron chi connectivity index (χ3n) is 5.18. The summed E-state index contributed by atoms with van der Waals surface area (Å²) < 4.78 is 19.5. The number of aryl methyl sites for hydroxylation is 1. The number of hydrogen-bond acceptors (Lipinski definition) is 4. The van der Waals surface area contributed by atoms with Gasteiger partial charge in [-0.05, 0) is 54.5 Å². The van der Waals surface area contributed by atoms with Gasteiger partial charge in [0.2, 0.25) is 0 Å². The van der Waals surface area contributed by atoms with E-state index in [1.54, 1.807) is 37.3 Å². The van der Waals surface area contributed by atoms with Crippen LogP contribution in [0.4, 0.5) is 14.9 Å². The Hall–Kier alpha value is -3.39. The average molecular weight is 534 g/mol. The summed E-state index contributed by atoms with van der Waals surface area (Å²) in [7, 11) is 0. The molecule has 0 bridgehead atoms. The van der Waals surface area contributed by atoms with Crippen molar-refractivity contribution >= 4 is 64.4 Å². The lowest BCUT2D eigenvalue weighted by atomic mass is 10.1. The van der Waals surface area contributed by atoms with Crippen LogP contribution in [0.25, 0.3) is 6.08 Å². The molecule has 4 rings (SSSR count). The molecular formula is C25H16Cl3FN2O4. The topological polar surface area (TPSA) is 75.7 Å². The number of nitrogens with zero attached hydrogens (tertiary/aromatic N) is 1. The van der Waals surface area contributed by atoms with Crippen LogP contribution in [-0.2, 0) is 16.2 Å². The van der Waals surface area contributed by atoms with E-state index in [1.165, 1.54) is 30.3 Å². The maximum absolute atomic E-state index is 13.9. The molecule has 0 unspecified atom stereocenters. The molecule has 3 aromatic rings. The molecule has 3 aromatic carbocycles. The van der Waals surface area contributed by atoms with Crippen LogP contribution >= 0.6 is 34.8 Å². The minimum atomic E-state index is -0.893. The number of rotatable bonds is 5.